The first-order chi connectivity index (χ1) is 7.87. The zero-order valence-corrected chi connectivity index (χ0v) is 9.45. The van der Waals surface area contributed by atoms with Crippen LogP contribution in [0.1, 0.15) is 0 Å². The Morgan fingerprint density at radius 3 is 2.41 bits per heavy atom. The molecule has 0 spiro atoms. The number of rotatable bonds is 1. The summed E-state index contributed by atoms with van der Waals surface area (Å²) in [5.74, 6) is -1.09. The van der Waals surface area contributed by atoms with Gasteiger partial charge in [0.1, 0.15) is 0 Å². The SMILES string of the molecule is CN1C(=O)N(C)C2=NC(O)N(C)C2(O[O])C1=O. The van der Waals surface area contributed by atoms with E-state index in [1.54, 1.807) is 0 Å². The number of carbonyl (C=O) groups excluding carboxylic acids is 2. The number of aliphatic hydroxyl groups excluding tert-OH is 1. The van der Waals surface area contributed by atoms with Crippen LogP contribution in [-0.4, -0.2) is 70.8 Å². The van der Waals surface area contributed by atoms with Gasteiger partial charge < -0.3 is 5.11 Å². The highest BCUT2D eigenvalue weighted by molar-refractivity contribution is 6.23. The number of imide groups is 1. The number of fused-ring (bicyclic) bond motifs is 1. The number of aliphatic hydroxyl groups is 1. The molecule has 2 heterocycles. The van der Waals surface area contributed by atoms with Crippen LogP contribution in [0.5, 0.6) is 0 Å². The lowest BCUT2D eigenvalue weighted by Crippen LogP contribution is -2.71. The van der Waals surface area contributed by atoms with Crippen molar-refractivity contribution < 1.29 is 24.8 Å². The maximum atomic E-state index is 12.0. The Balaban J connectivity index is 2.59. The summed E-state index contributed by atoms with van der Waals surface area (Å²) in [6, 6.07) is -0.649. The summed E-state index contributed by atoms with van der Waals surface area (Å²) < 4.78 is 0. The lowest BCUT2D eigenvalue weighted by molar-refractivity contribution is -0.378. The van der Waals surface area contributed by atoms with E-state index in [0.29, 0.717) is 0 Å². The maximum absolute atomic E-state index is 12.0. The molecule has 2 atom stereocenters. The van der Waals surface area contributed by atoms with Crippen molar-refractivity contribution in [1.29, 1.82) is 0 Å². The van der Waals surface area contributed by atoms with Crippen molar-refractivity contribution in [3.63, 3.8) is 0 Å². The molecule has 1 radical (unpaired) electrons. The highest BCUT2D eigenvalue weighted by atomic mass is 17.1. The molecular weight excluding hydrogens is 232 g/mol. The minimum atomic E-state index is -2.09. The first kappa shape index (κ1) is 11.9. The summed E-state index contributed by atoms with van der Waals surface area (Å²) in [6.45, 7) is 0. The van der Waals surface area contributed by atoms with Crippen molar-refractivity contribution in [1.82, 2.24) is 14.7 Å². The van der Waals surface area contributed by atoms with Crippen LogP contribution in [0.2, 0.25) is 0 Å². The van der Waals surface area contributed by atoms with E-state index in [-0.39, 0.29) is 5.84 Å². The molecule has 0 aromatic rings. The van der Waals surface area contributed by atoms with E-state index >= 15 is 0 Å². The van der Waals surface area contributed by atoms with Crippen LogP contribution in [0.25, 0.3) is 0 Å². The fourth-order valence-corrected chi connectivity index (χ4v) is 1.93. The number of amides is 3. The number of likely N-dealkylation sites (N-methyl/N-ethyl adjacent to an activating group) is 3. The zero-order chi connectivity index (χ0) is 13.0. The van der Waals surface area contributed by atoms with Crippen LogP contribution in [0.3, 0.4) is 0 Å². The Morgan fingerprint density at radius 2 is 1.88 bits per heavy atom. The summed E-state index contributed by atoms with van der Waals surface area (Å²) >= 11 is 0. The minimum absolute atomic E-state index is 0.212. The van der Waals surface area contributed by atoms with Gasteiger partial charge >= 0.3 is 6.03 Å². The van der Waals surface area contributed by atoms with Crippen molar-refractivity contribution in [2.45, 2.75) is 12.1 Å². The number of urea groups is 1. The monoisotopic (exact) mass is 243 g/mol. The molecule has 2 aliphatic heterocycles. The van der Waals surface area contributed by atoms with Gasteiger partial charge in [0.15, 0.2) is 5.84 Å². The topological polar surface area (TPSA) is 106 Å². The highest BCUT2D eigenvalue weighted by Gasteiger charge is 2.63. The van der Waals surface area contributed by atoms with Crippen molar-refractivity contribution >= 4 is 17.8 Å². The Hall–Kier alpha value is -1.55. The van der Waals surface area contributed by atoms with E-state index in [2.05, 4.69) is 9.88 Å². The Labute approximate surface area is 96.4 Å². The molecule has 2 aliphatic rings. The van der Waals surface area contributed by atoms with Crippen molar-refractivity contribution in [2.24, 2.45) is 4.99 Å². The second-order valence-electron chi connectivity index (χ2n) is 3.84. The van der Waals surface area contributed by atoms with Crippen molar-refractivity contribution in [3.05, 3.63) is 0 Å². The fraction of sp³-hybridized carbons (Fsp3) is 0.625. The molecule has 9 heteroatoms. The largest absolute Gasteiger partial charge is 0.359 e. The van der Waals surface area contributed by atoms with Gasteiger partial charge in [0.25, 0.3) is 11.6 Å². The molecule has 3 amide bonds. The number of hydrogen-bond donors (Lipinski definition) is 1. The number of nitrogens with zero attached hydrogens (tertiary/aromatic N) is 4. The van der Waals surface area contributed by atoms with Gasteiger partial charge in [-0.15, -0.1) is 0 Å². The fourth-order valence-electron chi connectivity index (χ4n) is 1.93. The molecule has 0 bridgehead atoms. The molecule has 1 N–H and O–H groups in total. The molecule has 9 nitrogen and oxygen atoms in total. The van der Waals surface area contributed by atoms with Gasteiger partial charge in [-0.25, -0.2) is 14.7 Å². The third-order valence-electron chi connectivity index (χ3n) is 2.99. The van der Waals surface area contributed by atoms with E-state index in [4.69, 9.17) is 0 Å². The normalized spacial score (nSPS) is 34.2. The molecule has 1 fully saturated rings. The first-order valence-corrected chi connectivity index (χ1v) is 4.74. The number of aliphatic imine (C=N–C) groups is 1. The molecule has 0 aliphatic carbocycles. The van der Waals surface area contributed by atoms with Crippen LogP contribution in [-0.2, 0) is 14.9 Å². The smallest absolute Gasteiger partial charge is 0.331 e. The van der Waals surface area contributed by atoms with E-state index in [1.807, 2.05) is 0 Å². The summed E-state index contributed by atoms with van der Waals surface area (Å²) in [5.41, 5.74) is -2.09. The second kappa shape index (κ2) is 3.47. The van der Waals surface area contributed by atoms with Gasteiger partial charge in [-0.2, -0.15) is 4.89 Å². The third-order valence-corrected chi connectivity index (χ3v) is 2.99. The average Bonchev–Trinajstić information content (AvgIpc) is 2.58. The third kappa shape index (κ3) is 1.19. The van der Waals surface area contributed by atoms with Gasteiger partial charge in [0, 0.05) is 14.1 Å². The number of amidine groups is 1. The van der Waals surface area contributed by atoms with Crippen LogP contribution in [0.15, 0.2) is 4.99 Å². The van der Waals surface area contributed by atoms with Gasteiger partial charge in [-0.3, -0.25) is 14.6 Å². The predicted octanol–water partition coefficient (Wildman–Crippen LogP) is -1.81. The quantitative estimate of drug-likeness (QED) is 0.431. The first-order valence-electron chi connectivity index (χ1n) is 4.74. The Kier molecular flexibility index (Phi) is 2.43. The average molecular weight is 243 g/mol. The molecule has 0 aromatic carbocycles. The second-order valence-corrected chi connectivity index (χ2v) is 3.84. The summed E-state index contributed by atoms with van der Waals surface area (Å²) in [5, 5.41) is 20.5. The van der Waals surface area contributed by atoms with Gasteiger partial charge in [0.05, 0.1) is 0 Å². The predicted molar refractivity (Wildman–Crippen MR) is 51.6 cm³/mol. The Bertz CT molecular complexity index is 424. The lowest BCUT2D eigenvalue weighted by Gasteiger charge is -2.41. The molecule has 2 unspecified atom stereocenters. The van der Waals surface area contributed by atoms with E-state index < -0.39 is 24.0 Å². The number of carbonyl (C=O) groups is 2. The minimum Gasteiger partial charge on any atom is -0.359 e. The molecule has 0 aromatic heterocycles. The molecule has 93 valence electrons. The maximum Gasteiger partial charge on any atom is 0.331 e. The zero-order valence-electron chi connectivity index (χ0n) is 9.45. The van der Waals surface area contributed by atoms with Crippen LogP contribution >= 0.6 is 0 Å². The molecular formula is C8H11N4O5. The van der Waals surface area contributed by atoms with Crippen molar-refractivity contribution in [3.8, 4) is 0 Å². The standard InChI is InChI=1S/C8H11N4O5/c1-10-4-8(17-16,12(3)6(14)9-4)5(13)11(2)7(10)15/h6,14H,1-3H3. The molecule has 2 rings (SSSR count). The van der Waals surface area contributed by atoms with Gasteiger partial charge in [-0.05, 0) is 12.3 Å². The van der Waals surface area contributed by atoms with Crippen LogP contribution < -0.4 is 0 Å². The van der Waals surface area contributed by atoms with Gasteiger partial charge in [-0.1, -0.05) is 0 Å². The van der Waals surface area contributed by atoms with Crippen LogP contribution in [0.4, 0.5) is 4.79 Å². The Morgan fingerprint density at radius 1 is 1.29 bits per heavy atom. The summed E-state index contributed by atoms with van der Waals surface area (Å²) in [4.78, 5) is 34.0. The van der Waals surface area contributed by atoms with Crippen molar-refractivity contribution in [2.75, 3.05) is 21.1 Å². The summed E-state index contributed by atoms with van der Waals surface area (Å²) in [6.07, 6.45) is -1.41. The lowest BCUT2D eigenvalue weighted by atomic mass is 10.1. The van der Waals surface area contributed by atoms with E-state index in [1.165, 1.54) is 21.1 Å². The number of hydrogen-bond acceptors (Lipinski definition) is 6. The highest BCUT2D eigenvalue weighted by Crippen LogP contribution is 2.33. The van der Waals surface area contributed by atoms with E-state index in [0.717, 1.165) is 14.7 Å². The van der Waals surface area contributed by atoms with E-state index in [9.17, 15) is 20.0 Å². The van der Waals surface area contributed by atoms with Gasteiger partial charge in [0.2, 0.25) is 6.35 Å². The molecule has 0 saturated carbocycles. The summed E-state index contributed by atoms with van der Waals surface area (Å²) in [7, 11) is 3.86. The van der Waals surface area contributed by atoms with Crippen LogP contribution in [0, 0.1) is 0 Å². The molecule has 1 saturated heterocycles. The molecule has 17 heavy (non-hydrogen) atoms.